The summed E-state index contributed by atoms with van der Waals surface area (Å²) in [4.78, 5) is 0. The van der Waals surface area contributed by atoms with E-state index in [1.807, 2.05) is 0 Å². The van der Waals surface area contributed by atoms with Crippen LogP contribution in [0.2, 0.25) is 0 Å². The Bertz CT molecular complexity index is 27.7. The van der Waals surface area contributed by atoms with Crippen molar-refractivity contribution < 1.29 is 17.0 Å². The summed E-state index contributed by atoms with van der Waals surface area (Å²) in [7, 11) is 0. The first-order valence-corrected chi connectivity index (χ1v) is 2.60. The fourth-order valence-corrected chi connectivity index (χ4v) is 0.204. The standard InChI is InChI=1S/C6H13.BrH.Mg/c1-4-6(3)5-2;;/h6H,1,4-5H2,2-3H3;1H;/q-1;;+2/p-1. The largest absolute Gasteiger partial charge is 2.00 e. The fraction of sp³-hybridized carbons (Fsp3) is 0.833. The van der Waals surface area contributed by atoms with E-state index in [4.69, 9.17) is 0 Å². The van der Waals surface area contributed by atoms with E-state index in [0.717, 1.165) is 12.3 Å². The molecule has 46 valence electrons. The van der Waals surface area contributed by atoms with E-state index in [0.29, 0.717) is 0 Å². The minimum Gasteiger partial charge on any atom is -1.00 e. The smallest absolute Gasteiger partial charge is 1.00 e. The molecule has 0 bridgehead atoms. The molecule has 0 saturated carbocycles. The van der Waals surface area contributed by atoms with Crippen molar-refractivity contribution in [2.24, 2.45) is 5.92 Å². The number of hydrogen-bond donors (Lipinski definition) is 0. The second-order valence-electron chi connectivity index (χ2n) is 1.80. The first-order valence-electron chi connectivity index (χ1n) is 2.60. The van der Waals surface area contributed by atoms with Gasteiger partial charge in [-0.2, -0.15) is 6.42 Å². The van der Waals surface area contributed by atoms with Gasteiger partial charge in [-0.05, 0) is 0 Å². The molecular weight excluding hydrogens is 176 g/mol. The molecule has 0 aliphatic carbocycles. The van der Waals surface area contributed by atoms with E-state index in [1.54, 1.807) is 0 Å². The summed E-state index contributed by atoms with van der Waals surface area (Å²) in [5.74, 6) is 0.824. The summed E-state index contributed by atoms with van der Waals surface area (Å²) in [6.07, 6.45) is 2.35. The Morgan fingerprint density at radius 1 is 1.50 bits per heavy atom. The van der Waals surface area contributed by atoms with Gasteiger partial charge in [0.2, 0.25) is 0 Å². The predicted molar refractivity (Wildman–Crippen MR) is 35.2 cm³/mol. The first-order chi connectivity index (χ1) is 2.81. The minimum absolute atomic E-state index is 0. The Hall–Kier alpha value is 1.25. The molecule has 0 fully saturated rings. The second kappa shape index (κ2) is 11.1. The van der Waals surface area contributed by atoms with Crippen molar-refractivity contribution in [2.75, 3.05) is 0 Å². The Morgan fingerprint density at radius 2 is 1.88 bits per heavy atom. The van der Waals surface area contributed by atoms with Crippen molar-refractivity contribution in [1.29, 1.82) is 0 Å². The summed E-state index contributed by atoms with van der Waals surface area (Å²) in [6, 6.07) is 0. The molecule has 0 nitrogen and oxygen atoms in total. The first kappa shape index (κ1) is 16.1. The van der Waals surface area contributed by atoms with Gasteiger partial charge >= 0.3 is 23.1 Å². The molecule has 0 aromatic heterocycles. The number of hydrogen-bond acceptors (Lipinski definition) is 0. The zero-order valence-corrected chi connectivity index (χ0v) is 8.78. The van der Waals surface area contributed by atoms with Crippen LogP contribution in [-0.2, 0) is 0 Å². The van der Waals surface area contributed by atoms with Gasteiger partial charge in [0, 0.05) is 0 Å². The van der Waals surface area contributed by atoms with Crippen LogP contribution in [0.4, 0.5) is 0 Å². The van der Waals surface area contributed by atoms with Gasteiger partial charge in [0.15, 0.2) is 0 Å². The Labute approximate surface area is 79.3 Å². The van der Waals surface area contributed by atoms with E-state index >= 15 is 0 Å². The topological polar surface area (TPSA) is 0 Å². The normalized spacial score (nSPS) is 10.9. The molecule has 0 spiro atoms. The fourth-order valence-electron chi connectivity index (χ4n) is 0.204. The number of halogens is 1. The van der Waals surface area contributed by atoms with Gasteiger partial charge in [0.25, 0.3) is 0 Å². The van der Waals surface area contributed by atoms with Crippen LogP contribution >= 0.6 is 0 Å². The number of rotatable bonds is 2. The molecule has 1 unspecified atom stereocenters. The van der Waals surface area contributed by atoms with Crippen molar-refractivity contribution in [1.82, 2.24) is 0 Å². The Balaban J connectivity index is -0.000000125. The molecule has 1 atom stereocenters. The van der Waals surface area contributed by atoms with E-state index in [9.17, 15) is 0 Å². The van der Waals surface area contributed by atoms with Crippen molar-refractivity contribution in [3.63, 3.8) is 0 Å². The molecule has 0 aliphatic rings. The van der Waals surface area contributed by atoms with Crippen molar-refractivity contribution in [3.8, 4) is 0 Å². The van der Waals surface area contributed by atoms with Gasteiger partial charge in [-0.15, -0.1) is 0 Å². The second-order valence-corrected chi connectivity index (χ2v) is 1.80. The van der Waals surface area contributed by atoms with Crippen molar-refractivity contribution in [2.45, 2.75) is 26.7 Å². The molecule has 0 heterocycles. The zero-order chi connectivity index (χ0) is 4.99. The molecule has 2 heteroatoms. The summed E-state index contributed by atoms with van der Waals surface area (Å²) in [6.45, 7) is 8.16. The van der Waals surface area contributed by atoms with Gasteiger partial charge in [-0.25, -0.2) is 0 Å². The van der Waals surface area contributed by atoms with Crippen LogP contribution in [0.15, 0.2) is 0 Å². The molecule has 0 saturated heterocycles. The Morgan fingerprint density at radius 3 is 1.88 bits per heavy atom. The van der Waals surface area contributed by atoms with E-state index in [1.165, 1.54) is 6.42 Å². The third-order valence-electron chi connectivity index (χ3n) is 1.19. The van der Waals surface area contributed by atoms with Gasteiger partial charge in [0.05, 0.1) is 0 Å². The third-order valence-corrected chi connectivity index (χ3v) is 1.19. The predicted octanol–water partition coefficient (Wildman–Crippen LogP) is -1.12. The molecule has 0 aromatic rings. The van der Waals surface area contributed by atoms with Crippen LogP contribution in [0.1, 0.15) is 26.7 Å². The third kappa shape index (κ3) is 10.3. The summed E-state index contributed by atoms with van der Waals surface area (Å²) in [5.41, 5.74) is 0. The van der Waals surface area contributed by atoms with E-state index in [-0.39, 0.29) is 40.0 Å². The molecule has 0 aromatic carbocycles. The molecule has 0 N–H and O–H groups in total. The van der Waals surface area contributed by atoms with E-state index < -0.39 is 0 Å². The maximum Gasteiger partial charge on any atom is 2.00 e. The molecule has 0 aliphatic heterocycles. The Kier molecular flexibility index (Phi) is 22.4. The summed E-state index contributed by atoms with van der Waals surface area (Å²) in [5, 5.41) is 0. The SMILES string of the molecule is [Br-].[CH2-]CC(C)CC.[Mg+2]. The van der Waals surface area contributed by atoms with Crippen molar-refractivity contribution in [3.05, 3.63) is 6.92 Å². The molecule has 0 radical (unpaired) electrons. The van der Waals surface area contributed by atoms with Crippen LogP contribution in [0.5, 0.6) is 0 Å². The van der Waals surface area contributed by atoms with Crippen LogP contribution in [0.25, 0.3) is 0 Å². The van der Waals surface area contributed by atoms with Crippen LogP contribution in [0, 0.1) is 12.8 Å². The molecule has 8 heavy (non-hydrogen) atoms. The summed E-state index contributed by atoms with van der Waals surface area (Å²) >= 11 is 0. The summed E-state index contributed by atoms with van der Waals surface area (Å²) < 4.78 is 0. The molecular formula is C6H13BrMg. The maximum atomic E-state index is 3.76. The van der Waals surface area contributed by atoms with Crippen molar-refractivity contribution >= 4 is 23.1 Å². The monoisotopic (exact) mass is 188 g/mol. The zero-order valence-electron chi connectivity index (χ0n) is 5.78. The minimum atomic E-state index is 0. The van der Waals surface area contributed by atoms with Gasteiger partial charge < -0.3 is 23.9 Å². The van der Waals surface area contributed by atoms with Crippen LogP contribution in [-0.4, -0.2) is 23.1 Å². The van der Waals surface area contributed by atoms with Gasteiger partial charge in [-0.3, -0.25) is 0 Å². The quantitative estimate of drug-likeness (QED) is 0.381. The van der Waals surface area contributed by atoms with Crippen LogP contribution < -0.4 is 17.0 Å². The maximum absolute atomic E-state index is 3.76. The average molecular weight is 189 g/mol. The molecule has 0 rings (SSSR count). The van der Waals surface area contributed by atoms with Crippen LogP contribution in [0.3, 0.4) is 0 Å². The van der Waals surface area contributed by atoms with Gasteiger partial charge in [-0.1, -0.05) is 26.2 Å². The molecule has 0 amide bonds. The van der Waals surface area contributed by atoms with E-state index in [2.05, 4.69) is 20.8 Å². The van der Waals surface area contributed by atoms with Gasteiger partial charge in [0.1, 0.15) is 0 Å². The average Bonchev–Trinajstić information content (AvgIpc) is 1.65.